The number of pyridine rings is 1. The Bertz CT molecular complexity index is 347. The van der Waals surface area contributed by atoms with E-state index in [2.05, 4.69) is 24.9 Å². The first-order valence-corrected chi connectivity index (χ1v) is 4.91. The number of rotatable bonds is 3. The lowest BCUT2D eigenvalue weighted by Crippen LogP contribution is -2.15. The molecule has 0 fully saturated rings. The largest absolute Gasteiger partial charge is 0.449 e. The topological polar surface area (TPSA) is 33.1 Å². The lowest BCUT2D eigenvalue weighted by atomic mass is 9.89. The molecule has 0 atom stereocenters. The number of hydrogen-bond acceptors (Lipinski definition) is 2. The summed E-state index contributed by atoms with van der Waals surface area (Å²) in [7, 11) is 0.0549. The molecule has 0 unspecified atom stereocenters. The van der Waals surface area contributed by atoms with Crippen molar-refractivity contribution >= 4 is 19.0 Å². The Morgan fingerprint density at radius 2 is 2.36 bits per heavy atom. The van der Waals surface area contributed by atoms with Crippen molar-refractivity contribution in [2.24, 2.45) is 0 Å². The number of allylic oxidation sites excluding steroid dienone is 1. The minimum atomic E-state index is 0.0549. The summed E-state index contributed by atoms with van der Waals surface area (Å²) in [5, 5.41) is 8.98. The van der Waals surface area contributed by atoms with E-state index in [0.717, 1.165) is 23.1 Å². The first-order chi connectivity index (χ1) is 6.67. The maximum Gasteiger partial charge on any atom is 0.306 e. The van der Waals surface area contributed by atoms with Gasteiger partial charge in [-0.2, -0.15) is 0 Å². The second-order valence-electron chi connectivity index (χ2n) is 3.52. The summed E-state index contributed by atoms with van der Waals surface area (Å²) in [5.74, 6) is 0. The second-order valence-corrected chi connectivity index (χ2v) is 3.52. The van der Waals surface area contributed by atoms with Crippen molar-refractivity contribution in [2.45, 2.75) is 27.2 Å². The van der Waals surface area contributed by atoms with Crippen LogP contribution in [0, 0.1) is 6.92 Å². The van der Waals surface area contributed by atoms with E-state index in [-0.39, 0.29) is 7.48 Å². The second kappa shape index (κ2) is 4.96. The first-order valence-electron chi connectivity index (χ1n) is 4.91. The zero-order chi connectivity index (χ0) is 10.6. The van der Waals surface area contributed by atoms with Crippen LogP contribution in [0.3, 0.4) is 0 Å². The summed E-state index contributed by atoms with van der Waals surface area (Å²) >= 11 is 0. The molecule has 1 aromatic heterocycles. The molecule has 0 bridgehead atoms. The van der Waals surface area contributed by atoms with Crippen LogP contribution in [0.25, 0.3) is 6.08 Å². The van der Waals surface area contributed by atoms with Crippen LogP contribution in [0.5, 0.6) is 0 Å². The van der Waals surface area contributed by atoms with Gasteiger partial charge < -0.3 is 5.02 Å². The summed E-state index contributed by atoms with van der Waals surface area (Å²) in [6, 6.07) is 1.99. The monoisotopic (exact) mass is 189 g/mol. The fourth-order valence-electron chi connectivity index (χ4n) is 1.20. The fourth-order valence-corrected chi connectivity index (χ4v) is 1.20. The molecule has 0 aliphatic heterocycles. The average molecular weight is 189 g/mol. The SMILES string of the molecule is CC/C(C)=C/c1cc(BO)cnc1C. The number of aryl methyl sites for hydroxylation is 1. The van der Waals surface area contributed by atoms with Gasteiger partial charge in [0.15, 0.2) is 0 Å². The van der Waals surface area contributed by atoms with Crippen molar-refractivity contribution in [3.05, 3.63) is 29.1 Å². The van der Waals surface area contributed by atoms with E-state index < -0.39 is 0 Å². The van der Waals surface area contributed by atoms with E-state index in [1.807, 2.05) is 13.0 Å². The highest BCUT2D eigenvalue weighted by Crippen LogP contribution is 2.10. The molecule has 1 N–H and O–H groups in total. The van der Waals surface area contributed by atoms with Gasteiger partial charge in [0.25, 0.3) is 0 Å². The Balaban J connectivity index is 3.06. The predicted molar refractivity (Wildman–Crippen MR) is 61.9 cm³/mol. The van der Waals surface area contributed by atoms with Crippen LogP contribution in [0.2, 0.25) is 0 Å². The molecule has 14 heavy (non-hydrogen) atoms. The summed E-state index contributed by atoms with van der Waals surface area (Å²) in [5.41, 5.74) is 4.31. The Labute approximate surface area is 86.0 Å². The first kappa shape index (κ1) is 11.0. The highest BCUT2D eigenvalue weighted by molar-refractivity contribution is 6.45. The van der Waals surface area contributed by atoms with Gasteiger partial charge in [0.2, 0.25) is 0 Å². The Kier molecular flexibility index (Phi) is 3.90. The standard InChI is InChI=1S/C11H16BNO/c1-4-8(2)5-10-6-11(12-14)7-13-9(10)3/h5-7,12,14H,4H2,1-3H3/b8-5+. The van der Waals surface area contributed by atoms with Gasteiger partial charge in [-0.25, -0.2) is 0 Å². The molecular formula is C11H16BNO. The summed E-state index contributed by atoms with van der Waals surface area (Å²) in [6.45, 7) is 6.21. The van der Waals surface area contributed by atoms with Crippen LogP contribution in [0.1, 0.15) is 31.5 Å². The molecule has 0 saturated heterocycles. The molecule has 0 aromatic carbocycles. The van der Waals surface area contributed by atoms with Crippen molar-refractivity contribution in [1.82, 2.24) is 4.98 Å². The third-order valence-corrected chi connectivity index (χ3v) is 2.32. The predicted octanol–water partition coefficient (Wildman–Crippen LogP) is 1.17. The van der Waals surface area contributed by atoms with Crippen LogP contribution < -0.4 is 5.46 Å². The minimum absolute atomic E-state index is 0.0549. The van der Waals surface area contributed by atoms with E-state index >= 15 is 0 Å². The zero-order valence-corrected chi connectivity index (χ0v) is 9.04. The van der Waals surface area contributed by atoms with E-state index in [9.17, 15) is 0 Å². The van der Waals surface area contributed by atoms with Crippen molar-refractivity contribution in [3.8, 4) is 0 Å². The molecule has 0 aliphatic carbocycles. The third-order valence-electron chi connectivity index (χ3n) is 2.32. The summed E-state index contributed by atoms with van der Waals surface area (Å²) in [4.78, 5) is 4.23. The molecule has 3 heteroatoms. The summed E-state index contributed by atoms with van der Waals surface area (Å²) < 4.78 is 0. The van der Waals surface area contributed by atoms with Crippen molar-refractivity contribution in [1.29, 1.82) is 0 Å². The fraction of sp³-hybridized carbons (Fsp3) is 0.364. The van der Waals surface area contributed by atoms with Crippen LogP contribution in [0.15, 0.2) is 17.8 Å². The smallest absolute Gasteiger partial charge is 0.306 e. The molecule has 1 aromatic rings. The number of aromatic nitrogens is 1. The Morgan fingerprint density at radius 3 is 2.93 bits per heavy atom. The Hall–Kier alpha value is -1.09. The van der Waals surface area contributed by atoms with E-state index in [1.165, 1.54) is 5.57 Å². The molecule has 0 amide bonds. The highest BCUT2D eigenvalue weighted by atomic mass is 16.2. The van der Waals surface area contributed by atoms with E-state index in [1.54, 1.807) is 6.20 Å². The molecule has 0 aliphatic rings. The van der Waals surface area contributed by atoms with Crippen molar-refractivity contribution in [3.63, 3.8) is 0 Å². The van der Waals surface area contributed by atoms with Crippen molar-refractivity contribution in [2.75, 3.05) is 0 Å². The summed E-state index contributed by atoms with van der Waals surface area (Å²) in [6.07, 6.45) is 4.89. The minimum Gasteiger partial charge on any atom is -0.449 e. The van der Waals surface area contributed by atoms with Gasteiger partial charge in [-0.3, -0.25) is 4.98 Å². The average Bonchev–Trinajstić information content (AvgIpc) is 2.21. The van der Waals surface area contributed by atoms with Gasteiger partial charge in [-0.1, -0.05) is 24.6 Å². The van der Waals surface area contributed by atoms with Gasteiger partial charge in [0.05, 0.1) is 0 Å². The van der Waals surface area contributed by atoms with Gasteiger partial charge in [0, 0.05) is 11.9 Å². The molecule has 74 valence electrons. The normalized spacial score (nSPS) is 11.6. The lowest BCUT2D eigenvalue weighted by molar-refractivity contribution is 0.615. The van der Waals surface area contributed by atoms with Crippen LogP contribution in [-0.4, -0.2) is 17.5 Å². The van der Waals surface area contributed by atoms with Gasteiger partial charge >= 0.3 is 7.48 Å². The molecule has 0 saturated carbocycles. The molecule has 2 nitrogen and oxygen atoms in total. The van der Waals surface area contributed by atoms with E-state index in [4.69, 9.17) is 5.02 Å². The number of hydrogen-bond donors (Lipinski definition) is 1. The maximum absolute atomic E-state index is 8.98. The number of nitrogens with zero attached hydrogens (tertiary/aromatic N) is 1. The molecule has 0 spiro atoms. The van der Waals surface area contributed by atoms with Crippen LogP contribution in [0.4, 0.5) is 0 Å². The van der Waals surface area contributed by atoms with Crippen molar-refractivity contribution < 1.29 is 5.02 Å². The highest BCUT2D eigenvalue weighted by Gasteiger charge is 2.00. The molecular weight excluding hydrogens is 173 g/mol. The van der Waals surface area contributed by atoms with E-state index in [0.29, 0.717) is 0 Å². The van der Waals surface area contributed by atoms with Gasteiger partial charge in [0.1, 0.15) is 0 Å². The quantitative estimate of drug-likeness (QED) is 0.724. The lowest BCUT2D eigenvalue weighted by Gasteiger charge is -2.03. The Morgan fingerprint density at radius 1 is 1.64 bits per heavy atom. The zero-order valence-electron chi connectivity index (χ0n) is 9.04. The molecule has 1 heterocycles. The van der Waals surface area contributed by atoms with Gasteiger partial charge in [-0.05, 0) is 31.3 Å². The maximum atomic E-state index is 8.98. The van der Waals surface area contributed by atoms with Gasteiger partial charge in [-0.15, -0.1) is 0 Å². The molecule has 0 radical (unpaired) electrons. The third kappa shape index (κ3) is 2.71. The van der Waals surface area contributed by atoms with Crippen LogP contribution >= 0.6 is 0 Å². The van der Waals surface area contributed by atoms with Crippen LogP contribution in [-0.2, 0) is 0 Å². The molecule has 1 rings (SSSR count).